The number of aliphatic hydroxyl groups is 1. The number of hydrogen-bond donors (Lipinski definition) is 3. The number of aromatic amines is 1. The zero-order chi connectivity index (χ0) is 23.0. The Kier molecular flexibility index (Phi) is 8.56. The van der Waals surface area contributed by atoms with E-state index in [9.17, 15) is 19.2 Å². The van der Waals surface area contributed by atoms with E-state index < -0.39 is 29.7 Å². The molecule has 0 saturated carbocycles. The van der Waals surface area contributed by atoms with E-state index in [0.29, 0.717) is 18.4 Å². The average molecular weight is 432 g/mol. The van der Waals surface area contributed by atoms with Gasteiger partial charge in [-0.3, -0.25) is 19.1 Å². The SMILES string of the molecule is CCCCN(C(=O)COC(=O)c1ccc(CO)cc1)c1c(N)n(CCC)c(=O)[nH]c1=O. The standard InChI is InChI=1S/C21H28N4O6/c1-3-5-11-24(17-18(22)25(10-4-2)21(30)23-19(17)28)16(27)13-31-20(29)15-8-6-14(12-26)7-9-15/h6-9,26H,3-5,10-13,22H2,1-2H3,(H,23,28,30). The van der Waals surface area contributed by atoms with Gasteiger partial charge in [0.15, 0.2) is 12.3 Å². The van der Waals surface area contributed by atoms with E-state index in [4.69, 9.17) is 15.6 Å². The number of unbranched alkanes of at least 4 members (excludes halogenated alkanes) is 1. The molecule has 2 aromatic rings. The summed E-state index contributed by atoms with van der Waals surface area (Å²) in [6.07, 6.45) is 1.92. The number of H-pyrrole nitrogens is 1. The van der Waals surface area contributed by atoms with Gasteiger partial charge in [0.2, 0.25) is 0 Å². The van der Waals surface area contributed by atoms with Crippen LogP contribution < -0.4 is 21.9 Å². The van der Waals surface area contributed by atoms with Gasteiger partial charge in [0.25, 0.3) is 11.5 Å². The largest absolute Gasteiger partial charge is 0.452 e. The fraction of sp³-hybridized carbons (Fsp3) is 0.429. The number of nitrogens with zero attached hydrogens (tertiary/aromatic N) is 2. The number of nitrogens with two attached hydrogens (primary N) is 1. The third-order valence-electron chi connectivity index (χ3n) is 4.67. The van der Waals surface area contributed by atoms with Gasteiger partial charge in [-0.2, -0.15) is 0 Å². The molecule has 0 bridgehead atoms. The molecule has 10 nitrogen and oxygen atoms in total. The summed E-state index contributed by atoms with van der Waals surface area (Å²) in [6, 6.07) is 6.11. The summed E-state index contributed by atoms with van der Waals surface area (Å²) >= 11 is 0. The Morgan fingerprint density at radius 2 is 1.84 bits per heavy atom. The van der Waals surface area contributed by atoms with Gasteiger partial charge in [0, 0.05) is 13.1 Å². The number of nitrogen functional groups attached to an aromatic ring is 1. The van der Waals surface area contributed by atoms with E-state index in [-0.39, 0.29) is 36.8 Å². The summed E-state index contributed by atoms with van der Waals surface area (Å²) in [6.45, 7) is 3.47. The van der Waals surface area contributed by atoms with Crippen LogP contribution in [-0.4, -0.2) is 39.7 Å². The maximum absolute atomic E-state index is 12.9. The van der Waals surface area contributed by atoms with Crippen LogP contribution in [0.1, 0.15) is 49.0 Å². The second-order valence-corrected chi connectivity index (χ2v) is 6.97. The average Bonchev–Trinajstić information content (AvgIpc) is 2.76. The Morgan fingerprint density at radius 1 is 1.16 bits per heavy atom. The number of carbonyl (C=O) groups is 2. The second-order valence-electron chi connectivity index (χ2n) is 6.97. The number of benzene rings is 1. The molecule has 0 saturated heterocycles. The van der Waals surface area contributed by atoms with Crippen molar-refractivity contribution in [3.63, 3.8) is 0 Å². The van der Waals surface area contributed by atoms with E-state index in [1.165, 1.54) is 16.7 Å². The summed E-state index contributed by atoms with van der Waals surface area (Å²) in [5.74, 6) is -1.45. The van der Waals surface area contributed by atoms with Crippen molar-refractivity contribution in [3.05, 3.63) is 56.2 Å². The molecule has 0 aliphatic carbocycles. The normalized spacial score (nSPS) is 10.7. The number of aromatic nitrogens is 2. The van der Waals surface area contributed by atoms with E-state index in [1.54, 1.807) is 12.1 Å². The summed E-state index contributed by atoms with van der Waals surface area (Å²) in [7, 11) is 0. The van der Waals surface area contributed by atoms with Gasteiger partial charge >= 0.3 is 11.7 Å². The van der Waals surface area contributed by atoms with Crippen LogP contribution in [0.3, 0.4) is 0 Å². The van der Waals surface area contributed by atoms with Crippen LogP contribution >= 0.6 is 0 Å². The van der Waals surface area contributed by atoms with Gasteiger partial charge in [0.1, 0.15) is 5.82 Å². The van der Waals surface area contributed by atoms with Crippen LogP contribution in [0.4, 0.5) is 11.5 Å². The van der Waals surface area contributed by atoms with Crippen LogP contribution in [0.2, 0.25) is 0 Å². The smallest absolute Gasteiger partial charge is 0.338 e. The van der Waals surface area contributed by atoms with Gasteiger partial charge in [-0.25, -0.2) is 9.59 Å². The monoisotopic (exact) mass is 432 g/mol. The van der Waals surface area contributed by atoms with Gasteiger partial charge in [-0.05, 0) is 30.5 Å². The van der Waals surface area contributed by atoms with Crippen LogP contribution in [-0.2, 0) is 22.7 Å². The molecule has 0 radical (unpaired) electrons. The van der Waals surface area contributed by atoms with Crippen LogP contribution in [0.25, 0.3) is 0 Å². The molecular weight excluding hydrogens is 404 g/mol. The number of aliphatic hydroxyl groups excluding tert-OH is 1. The zero-order valence-corrected chi connectivity index (χ0v) is 17.7. The molecule has 1 amide bonds. The predicted molar refractivity (Wildman–Crippen MR) is 116 cm³/mol. The lowest BCUT2D eigenvalue weighted by atomic mass is 10.1. The zero-order valence-electron chi connectivity index (χ0n) is 17.7. The van der Waals surface area contributed by atoms with Crippen LogP contribution in [0.15, 0.2) is 33.9 Å². The highest BCUT2D eigenvalue weighted by atomic mass is 16.5. The first-order valence-corrected chi connectivity index (χ1v) is 10.1. The minimum absolute atomic E-state index is 0.106. The maximum Gasteiger partial charge on any atom is 0.338 e. The Hall–Kier alpha value is -3.40. The molecule has 0 fully saturated rings. The molecular formula is C21H28N4O6. The second kappa shape index (κ2) is 11.1. The van der Waals surface area contributed by atoms with Crippen molar-refractivity contribution in [1.82, 2.24) is 9.55 Å². The number of carbonyl (C=O) groups excluding carboxylic acids is 2. The summed E-state index contributed by atoms with van der Waals surface area (Å²) in [5, 5.41) is 9.07. The third kappa shape index (κ3) is 5.82. The molecule has 1 aromatic carbocycles. The molecule has 0 atom stereocenters. The molecule has 4 N–H and O–H groups in total. The lowest BCUT2D eigenvalue weighted by Crippen LogP contribution is -2.43. The van der Waals surface area contributed by atoms with Crippen LogP contribution in [0.5, 0.6) is 0 Å². The molecule has 1 aromatic heterocycles. The summed E-state index contributed by atoms with van der Waals surface area (Å²) in [4.78, 5) is 53.0. The minimum Gasteiger partial charge on any atom is -0.452 e. The van der Waals surface area contributed by atoms with Gasteiger partial charge in [0.05, 0.1) is 12.2 Å². The van der Waals surface area contributed by atoms with Crippen molar-refractivity contribution in [2.24, 2.45) is 0 Å². The van der Waals surface area contributed by atoms with E-state index >= 15 is 0 Å². The molecule has 31 heavy (non-hydrogen) atoms. The quantitative estimate of drug-likeness (QED) is 0.475. The Balaban J connectivity index is 2.26. The van der Waals surface area contributed by atoms with Crippen LogP contribution in [0, 0.1) is 0 Å². The lowest BCUT2D eigenvalue weighted by molar-refractivity contribution is -0.121. The number of amides is 1. The van der Waals surface area contributed by atoms with Gasteiger partial charge in [-0.1, -0.05) is 32.4 Å². The number of nitrogens with one attached hydrogen (secondary N) is 1. The Labute approximate surface area is 179 Å². The molecule has 2 rings (SSSR count). The Morgan fingerprint density at radius 3 is 2.42 bits per heavy atom. The maximum atomic E-state index is 12.9. The number of rotatable bonds is 10. The number of ether oxygens (including phenoxy) is 1. The van der Waals surface area contributed by atoms with Crippen molar-refractivity contribution >= 4 is 23.4 Å². The van der Waals surface area contributed by atoms with Crippen molar-refractivity contribution < 1.29 is 19.4 Å². The van der Waals surface area contributed by atoms with Gasteiger partial charge in [-0.15, -0.1) is 0 Å². The van der Waals surface area contributed by atoms with Crippen molar-refractivity contribution in [1.29, 1.82) is 0 Å². The van der Waals surface area contributed by atoms with Crippen molar-refractivity contribution in [2.75, 3.05) is 23.8 Å². The highest BCUT2D eigenvalue weighted by Gasteiger charge is 2.25. The molecule has 0 unspecified atom stereocenters. The topological polar surface area (TPSA) is 148 Å². The lowest BCUT2D eigenvalue weighted by Gasteiger charge is -2.24. The first-order chi connectivity index (χ1) is 14.8. The van der Waals surface area contributed by atoms with Gasteiger partial charge < -0.3 is 20.5 Å². The molecule has 168 valence electrons. The fourth-order valence-corrected chi connectivity index (χ4v) is 3.00. The first kappa shape index (κ1) is 23.9. The van der Waals surface area contributed by atoms with E-state index in [1.807, 2.05) is 13.8 Å². The molecule has 0 spiro atoms. The molecule has 10 heteroatoms. The Bertz CT molecular complexity index is 1030. The predicted octanol–water partition coefficient (Wildman–Crippen LogP) is 1.01. The molecule has 0 aliphatic heterocycles. The fourth-order valence-electron chi connectivity index (χ4n) is 3.00. The molecule has 0 aliphatic rings. The van der Waals surface area contributed by atoms with Crippen molar-refractivity contribution in [2.45, 2.75) is 46.3 Å². The van der Waals surface area contributed by atoms with E-state index in [0.717, 1.165) is 11.3 Å². The highest BCUT2D eigenvalue weighted by Crippen LogP contribution is 2.18. The summed E-state index contributed by atoms with van der Waals surface area (Å²) in [5.41, 5.74) is 5.39. The summed E-state index contributed by atoms with van der Waals surface area (Å²) < 4.78 is 6.32. The first-order valence-electron chi connectivity index (χ1n) is 10.1. The number of hydrogen-bond acceptors (Lipinski definition) is 7. The highest BCUT2D eigenvalue weighted by molar-refractivity contribution is 5.98. The molecule has 1 heterocycles. The minimum atomic E-state index is -0.773. The number of anilines is 2. The third-order valence-corrected chi connectivity index (χ3v) is 4.67. The van der Waals surface area contributed by atoms with Crippen molar-refractivity contribution in [3.8, 4) is 0 Å². The van der Waals surface area contributed by atoms with E-state index in [2.05, 4.69) is 4.98 Å². The number of esters is 1.